The number of ether oxygens (including phenoxy) is 2. The maximum Gasteiger partial charge on any atom is 0.305 e. The van der Waals surface area contributed by atoms with E-state index in [9.17, 15) is 14.4 Å². The van der Waals surface area contributed by atoms with E-state index in [1.54, 1.807) is 0 Å². The number of nitrogens with zero attached hydrogens (tertiary/aromatic N) is 1. The van der Waals surface area contributed by atoms with E-state index in [1.807, 2.05) is 45.1 Å². The molecule has 3 aliphatic rings. The van der Waals surface area contributed by atoms with Crippen LogP contribution < -0.4 is 16.0 Å². The number of allylic oxidation sites excluding steroid dienone is 2. The normalized spacial score (nSPS) is 23.8. The van der Waals surface area contributed by atoms with Gasteiger partial charge in [0.05, 0.1) is 31.9 Å². The van der Waals surface area contributed by atoms with Crippen molar-refractivity contribution in [1.29, 1.82) is 0 Å². The molecule has 0 fully saturated rings. The minimum absolute atomic E-state index is 0.0221. The number of aryl methyl sites for hydroxylation is 1. The average molecular weight is 557 g/mol. The Morgan fingerprint density at radius 1 is 0.951 bits per heavy atom. The third-order valence-corrected chi connectivity index (χ3v) is 8.28. The summed E-state index contributed by atoms with van der Waals surface area (Å²) in [6, 6.07) is 1.86. The number of aromatic nitrogens is 2. The molecule has 0 radical (unpaired) electrons. The van der Waals surface area contributed by atoms with Gasteiger partial charge in [0.15, 0.2) is 5.78 Å². The molecule has 2 aromatic heterocycles. The molecule has 5 rings (SSSR count). The van der Waals surface area contributed by atoms with Crippen LogP contribution in [0.3, 0.4) is 0 Å². The second-order valence-electron chi connectivity index (χ2n) is 10.8. The summed E-state index contributed by atoms with van der Waals surface area (Å²) >= 11 is 0. The van der Waals surface area contributed by atoms with Gasteiger partial charge in [0, 0.05) is 40.6 Å². The Balaban J connectivity index is 1.73. The monoisotopic (exact) mass is 556 g/mol. The van der Waals surface area contributed by atoms with Gasteiger partial charge in [0.25, 0.3) is 0 Å². The lowest BCUT2D eigenvalue weighted by Crippen LogP contribution is -2.26. The lowest BCUT2D eigenvalue weighted by atomic mass is 9.98. The highest BCUT2D eigenvalue weighted by molar-refractivity contribution is 6.29. The molecule has 214 valence electrons. The molecule has 8 bridgehead atoms. The van der Waals surface area contributed by atoms with Gasteiger partial charge >= 0.3 is 11.9 Å². The first-order valence-electron chi connectivity index (χ1n) is 13.9. The number of esters is 2. The van der Waals surface area contributed by atoms with Crippen molar-refractivity contribution < 1.29 is 23.9 Å². The number of carbonyl (C=O) groups is 3. The van der Waals surface area contributed by atoms with E-state index >= 15 is 0 Å². The van der Waals surface area contributed by atoms with E-state index < -0.39 is 0 Å². The van der Waals surface area contributed by atoms with Crippen LogP contribution >= 0.6 is 0 Å². The van der Waals surface area contributed by atoms with Crippen LogP contribution in [0.15, 0.2) is 33.6 Å². The van der Waals surface area contributed by atoms with Gasteiger partial charge in [0.2, 0.25) is 0 Å². The summed E-state index contributed by atoms with van der Waals surface area (Å²) in [5, 5.41) is 5.36. The van der Waals surface area contributed by atoms with E-state index in [2.05, 4.69) is 28.3 Å². The quantitative estimate of drug-likeness (QED) is 0.470. The molecule has 3 aliphatic heterocycles. The SMILES string of the molecule is COC(=O)CCC1=C(C)/C2=C/c3cc(C)c([nH]3)/C=C3N=C(/C=c4\[nH]/c(c(CCC(=O)OC)c4C)=C\C1N2)C(C)C\3=O. The smallest absolute Gasteiger partial charge is 0.305 e. The van der Waals surface area contributed by atoms with Crippen molar-refractivity contribution in [2.24, 2.45) is 10.9 Å². The van der Waals surface area contributed by atoms with Crippen LogP contribution in [0.2, 0.25) is 0 Å². The summed E-state index contributed by atoms with van der Waals surface area (Å²) in [4.78, 5) is 49.0. The minimum Gasteiger partial charge on any atom is -0.469 e. The standard InChI is InChI=1S/C32H36N4O5/c1-16-11-20-12-24-17(2)21(7-9-30(37)40-5)27(34-24)15-28-22(8-10-31(38)41-6)18(3)25(35-28)14-26-19(4)32(39)29(36-26)13-23(16)33-20/h11-15,19,27,33-35H,7-10H2,1-6H3/b24-12-,25-14-,28-15-,29-13-. The zero-order valence-electron chi connectivity index (χ0n) is 24.4. The first kappa shape index (κ1) is 28.1. The number of carbonyl (C=O) groups excluding carboxylic acids is 3. The molecule has 0 saturated heterocycles. The second-order valence-corrected chi connectivity index (χ2v) is 10.8. The Kier molecular flexibility index (Phi) is 7.71. The van der Waals surface area contributed by atoms with Gasteiger partial charge in [-0.15, -0.1) is 0 Å². The summed E-state index contributed by atoms with van der Waals surface area (Å²) < 4.78 is 9.83. The van der Waals surface area contributed by atoms with Crippen LogP contribution in [0.25, 0.3) is 24.3 Å². The van der Waals surface area contributed by atoms with E-state index in [4.69, 9.17) is 14.5 Å². The van der Waals surface area contributed by atoms with Crippen molar-refractivity contribution in [2.75, 3.05) is 14.2 Å². The van der Waals surface area contributed by atoms with Gasteiger partial charge in [-0.2, -0.15) is 0 Å². The molecule has 5 heterocycles. The Morgan fingerprint density at radius 3 is 2.37 bits per heavy atom. The number of fused-ring (bicyclic) bond motifs is 7. The van der Waals surface area contributed by atoms with Crippen LogP contribution in [0, 0.1) is 19.8 Å². The maximum atomic E-state index is 13.2. The molecular weight excluding hydrogens is 520 g/mol. The van der Waals surface area contributed by atoms with E-state index in [0.717, 1.165) is 55.6 Å². The van der Waals surface area contributed by atoms with Crippen molar-refractivity contribution in [3.8, 4) is 0 Å². The summed E-state index contributed by atoms with van der Waals surface area (Å²) in [5.41, 5.74) is 8.91. The molecule has 9 heteroatoms. The van der Waals surface area contributed by atoms with Crippen molar-refractivity contribution >= 4 is 47.7 Å². The number of methoxy groups -OCH3 is 2. The zero-order valence-corrected chi connectivity index (χ0v) is 24.4. The third-order valence-electron chi connectivity index (χ3n) is 8.28. The fraction of sp³-hybridized carbons (Fsp3) is 0.375. The maximum absolute atomic E-state index is 13.2. The van der Waals surface area contributed by atoms with Crippen molar-refractivity contribution in [3.63, 3.8) is 0 Å². The topological polar surface area (TPSA) is 126 Å². The molecule has 2 aromatic rings. The molecule has 0 aromatic carbocycles. The van der Waals surface area contributed by atoms with Crippen LogP contribution in [0.5, 0.6) is 0 Å². The minimum atomic E-state index is -0.379. The predicted octanol–water partition coefficient (Wildman–Crippen LogP) is 2.92. The van der Waals surface area contributed by atoms with Crippen LogP contribution in [0.4, 0.5) is 0 Å². The average Bonchev–Trinajstić information content (AvgIpc) is 3.62. The number of Topliss-reactive ketones (excluding diaryl/α,β-unsaturated/α-hetero) is 1. The first-order valence-corrected chi connectivity index (χ1v) is 13.9. The van der Waals surface area contributed by atoms with Crippen molar-refractivity contribution in [3.05, 3.63) is 67.4 Å². The zero-order chi connectivity index (χ0) is 29.4. The van der Waals surface area contributed by atoms with Gasteiger partial charge in [0.1, 0.15) is 5.70 Å². The number of aliphatic imine (C=N–C) groups is 1. The van der Waals surface area contributed by atoms with E-state index in [-0.39, 0.29) is 42.5 Å². The van der Waals surface area contributed by atoms with Gasteiger partial charge in [-0.1, -0.05) is 0 Å². The summed E-state index contributed by atoms with van der Waals surface area (Å²) in [6.45, 7) is 7.94. The molecule has 9 nitrogen and oxygen atoms in total. The highest BCUT2D eigenvalue weighted by Gasteiger charge is 2.30. The summed E-state index contributed by atoms with van der Waals surface area (Å²) in [6.07, 6.45) is 9.45. The van der Waals surface area contributed by atoms with Gasteiger partial charge < -0.3 is 24.8 Å². The Hall–Kier alpha value is -4.40. The Morgan fingerprint density at radius 2 is 1.66 bits per heavy atom. The summed E-state index contributed by atoms with van der Waals surface area (Å²) in [5.74, 6) is -0.945. The fourth-order valence-corrected chi connectivity index (χ4v) is 5.70. The number of ketones is 1. The van der Waals surface area contributed by atoms with Gasteiger partial charge in [-0.3, -0.25) is 14.4 Å². The largest absolute Gasteiger partial charge is 0.469 e. The molecule has 0 spiro atoms. The number of aromatic amines is 2. The third kappa shape index (κ3) is 5.49. The van der Waals surface area contributed by atoms with Crippen molar-refractivity contribution in [1.82, 2.24) is 15.3 Å². The molecule has 41 heavy (non-hydrogen) atoms. The molecule has 2 atom stereocenters. The lowest BCUT2D eigenvalue weighted by Gasteiger charge is -2.12. The number of hydrogen-bond donors (Lipinski definition) is 3. The highest BCUT2D eigenvalue weighted by atomic mass is 16.5. The Labute approximate surface area is 238 Å². The molecule has 2 unspecified atom stereocenters. The predicted molar refractivity (Wildman–Crippen MR) is 158 cm³/mol. The van der Waals surface area contributed by atoms with Crippen molar-refractivity contribution in [2.45, 2.75) is 59.4 Å². The molecule has 3 N–H and O–H groups in total. The second kappa shape index (κ2) is 11.2. The van der Waals surface area contributed by atoms with Gasteiger partial charge in [-0.05, 0) is 98.7 Å². The molecular formula is C32H36N4O5. The van der Waals surface area contributed by atoms with Gasteiger partial charge in [-0.25, -0.2) is 4.99 Å². The van der Waals surface area contributed by atoms with Crippen LogP contribution in [-0.4, -0.2) is 53.7 Å². The molecule has 0 saturated carbocycles. The number of hydrogen-bond acceptors (Lipinski definition) is 7. The lowest BCUT2D eigenvalue weighted by molar-refractivity contribution is -0.141. The highest BCUT2D eigenvalue weighted by Crippen LogP contribution is 2.31. The van der Waals surface area contributed by atoms with Crippen LogP contribution in [0.1, 0.15) is 61.2 Å². The number of nitrogens with one attached hydrogen (secondary N) is 3. The number of rotatable bonds is 6. The fourth-order valence-electron chi connectivity index (χ4n) is 5.70. The first-order chi connectivity index (χ1) is 19.6. The summed E-state index contributed by atoms with van der Waals surface area (Å²) in [7, 11) is 2.79. The Bertz CT molecular complexity index is 1690. The van der Waals surface area contributed by atoms with E-state index in [1.165, 1.54) is 14.2 Å². The number of H-pyrrole nitrogens is 2. The van der Waals surface area contributed by atoms with E-state index in [0.29, 0.717) is 24.3 Å². The molecule has 0 amide bonds. The molecule has 0 aliphatic carbocycles. The van der Waals surface area contributed by atoms with Crippen LogP contribution in [-0.2, 0) is 30.3 Å².